The summed E-state index contributed by atoms with van der Waals surface area (Å²) in [6.45, 7) is 2.31. The van der Waals surface area contributed by atoms with Crippen LogP contribution in [0, 0.1) is 18.8 Å². The summed E-state index contributed by atoms with van der Waals surface area (Å²) >= 11 is 0. The van der Waals surface area contributed by atoms with Crippen LogP contribution >= 0.6 is 0 Å². The number of nitrogens with two attached hydrogens (primary N) is 1. The average Bonchev–Trinajstić information content (AvgIpc) is 2.46. The molecule has 2 aromatic rings. The molecular weight excluding hydrogens is 248 g/mol. The zero-order valence-corrected chi connectivity index (χ0v) is 11.3. The Labute approximate surface area is 118 Å². The standard InChI is InChI=1S/C17H16N2O/c1-13-7-9-15(10-8-13)17(20)19-16-6-2-4-14(12-16)5-3-11-18/h2,4,6-10,12H,11,18H2,1H3,(H,19,20). The predicted molar refractivity (Wildman–Crippen MR) is 81.5 cm³/mol. The quantitative estimate of drug-likeness (QED) is 0.819. The number of hydrogen-bond donors (Lipinski definition) is 2. The predicted octanol–water partition coefficient (Wildman–Crippen LogP) is 2.56. The van der Waals surface area contributed by atoms with E-state index in [2.05, 4.69) is 17.2 Å². The molecule has 0 atom stereocenters. The van der Waals surface area contributed by atoms with Crippen LogP contribution in [0.15, 0.2) is 48.5 Å². The van der Waals surface area contributed by atoms with Crippen molar-refractivity contribution in [3.8, 4) is 11.8 Å². The van der Waals surface area contributed by atoms with E-state index >= 15 is 0 Å². The second kappa shape index (κ2) is 6.55. The Morgan fingerprint density at radius 1 is 1.20 bits per heavy atom. The summed E-state index contributed by atoms with van der Waals surface area (Å²) < 4.78 is 0. The molecule has 100 valence electrons. The van der Waals surface area contributed by atoms with Crippen LogP contribution in [-0.4, -0.2) is 12.5 Å². The number of hydrogen-bond acceptors (Lipinski definition) is 2. The maximum Gasteiger partial charge on any atom is 0.255 e. The molecule has 0 aliphatic carbocycles. The highest BCUT2D eigenvalue weighted by molar-refractivity contribution is 6.04. The highest BCUT2D eigenvalue weighted by Gasteiger charge is 2.05. The Morgan fingerprint density at radius 3 is 2.65 bits per heavy atom. The zero-order chi connectivity index (χ0) is 14.4. The summed E-state index contributed by atoms with van der Waals surface area (Å²) in [6, 6.07) is 14.8. The molecule has 0 bridgehead atoms. The first-order chi connectivity index (χ1) is 9.69. The molecule has 0 aliphatic rings. The lowest BCUT2D eigenvalue weighted by Gasteiger charge is -2.06. The fraction of sp³-hybridized carbons (Fsp3) is 0.118. The molecule has 0 radical (unpaired) electrons. The van der Waals surface area contributed by atoms with Gasteiger partial charge in [-0.3, -0.25) is 4.79 Å². The van der Waals surface area contributed by atoms with Crippen LogP contribution in [-0.2, 0) is 0 Å². The van der Waals surface area contributed by atoms with Crippen molar-refractivity contribution in [3.63, 3.8) is 0 Å². The van der Waals surface area contributed by atoms with Gasteiger partial charge in [-0.05, 0) is 37.3 Å². The number of anilines is 1. The molecule has 1 amide bonds. The lowest BCUT2D eigenvalue weighted by Crippen LogP contribution is -2.11. The van der Waals surface area contributed by atoms with Crippen molar-refractivity contribution in [2.45, 2.75) is 6.92 Å². The lowest BCUT2D eigenvalue weighted by atomic mass is 10.1. The van der Waals surface area contributed by atoms with Gasteiger partial charge in [-0.2, -0.15) is 0 Å². The minimum absolute atomic E-state index is 0.131. The van der Waals surface area contributed by atoms with Crippen molar-refractivity contribution in [2.24, 2.45) is 5.73 Å². The normalized spacial score (nSPS) is 9.50. The van der Waals surface area contributed by atoms with Crippen molar-refractivity contribution >= 4 is 11.6 Å². The minimum atomic E-state index is -0.131. The molecule has 0 saturated carbocycles. The Morgan fingerprint density at radius 2 is 1.95 bits per heavy atom. The van der Waals surface area contributed by atoms with E-state index in [1.165, 1.54) is 0 Å². The van der Waals surface area contributed by atoms with Crippen molar-refractivity contribution in [1.82, 2.24) is 0 Å². The van der Waals surface area contributed by atoms with E-state index < -0.39 is 0 Å². The van der Waals surface area contributed by atoms with Gasteiger partial charge >= 0.3 is 0 Å². The van der Waals surface area contributed by atoms with Crippen LogP contribution in [0.4, 0.5) is 5.69 Å². The number of carbonyl (C=O) groups is 1. The number of carbonyl (C=O) groups excluding carboxylic acids is 1. The molecule has 0 aromatic heterocycles. The zero-order valence-electron chi connectivity index (χ0n) is 11.3. The molecule has 0 unspecified atom stereocenters. The molecule has 20 heavy (non-hydrogen) atoms. The van der Waals surface area contributed by atoms with E-state index in [9.17, 15) is 4.79 Å². The number of rotatable bonds is 2. The third kappa shape index (κ3) is 3.71. The number of amides is 1. The Balaban J connectivity index is 2.13. The largest absolute Gasteiger partial charge is 0.322 e. The van der Waals surface area contributed by atoms with Gasteiger partial charge in [-0.15, -0.1) is 0 Å². The highest BCUT2D eigenvalue weighted by Crippen LogP contribution is 2.12. The van der Waals surface area contributed by atoms with Crippen LogP contribution in [0.1, 0.15) is 21.5 Å². The van der Waals surface area contributed by atoms with E-state index in [0.717, 1.165) is 16.8 Å². The van der Waals surface area contributed by atoms with Crippen molar-refractivity contribution in [1.29, 1.82) is 0 Å². The van der Waals surface area contributed by atoms with E-state index in [1.54, 1.807) is 0 Å². The molecule has 0 heterocycles. The fourth-order valence-corrected chi connectivity index (χ4v) is 1.74. The fourth-order valence-electron chi connectivity index (χ4n) is 1.74. The maximum atomic E-state index is 12.1. The first-order valence-electron chi connectivity index (χ1n) is 6.36. The molecule has 3 nitrogen and oxygen atoms in total. The monoisotopic (exact) mass is 264 g/mol. The molecule has 0 aliphatic heterocycles. The lowest BCUT2D eigenvalue weighted by molar-refractivity contribution is 0.102. The summed E-state index contributed by atoms with van der Waals surface area (Å²) in [4.78, 5) is 12.1. The molecule has 3 N–H and O–H groups in total. The van der Waals surface area contributed by atoms with Crippen LogP contribution < -0.4 is 11.1 Å². The van der Waals surface area contributed by atoms with Crippen molar-refractivity contribution in [2.75, 3.05) is 11.9 Å². The van der Waals surface area contributed by atoms with Crippen LogP contribution in [0.25, 0.3) is 0 Å². The SMILES string of the molecule is Cc1ccc(C(=O)Nc2cccc(C#CCN)c2)cc1. The van der Waals surface area contributed by atoms with Gasteiger partial charge in [0, 0.05) is 16.8 Å². The van der Waals surface area contributed by atoms with Crippen LogP contribution in [0.3, 0.4) is 0 Å². The third-order valence-corrected chi connectivity index (χ3v) is 2.77. The van der Waals surface area contributed by atoms with Gasteiger partial charge in [0.05, 0.1) is 6.54 Å². The third-order valence-electron chi connectivity index (χ3n) is 2.77. The highest BCUT2D eigenvalue weighted by atomic mass is 16.1. The second-order valence-electron chi connectivity index (χ2n) is 4.41. The first kappa shape index (κ1) is 13.9. The van der Waals surface area contributed by atoms with Gasteiger partial charge in [-0.25, -0.2) is 0 Å². The van der Waals surface area contributed by atoms with Gasteiger partial charge < -0.3 is 11.1 Å². The molecule has 3 heteroatoms. The van der Waals surface area contributed by atoms with Crippen molar-refractivity contribution in [3.05, 3.63) is 65.2 Å². The van der Waals surface area contributed by atoms with E-state index in [4.69, 9.17) is 5.73 Å². The van der Waals surface area contributed by atoms with E-state index in [-0.39, 0.29) is 5.91 Å². The average molecular weight is 264 g/mol. The Kier molecular flexibility index (Phi) is 4.54. The Bertz CT molecular complexity index is 663. The van der Waals surface area contributed by atoms with Gasteiger partial charge in [0.2, 0.25) is 0 Å². The van der Waals surface area contributed by atoms with E-state index in [1.807, 2.05) is 55.5 Å². The molecule has 0 saturated heterocycles. The van der Waals surface area contributed by atoms with Gasteiger partial charge in [0.15, 0.2) is 0 Å². The summed E-state index contributed by atoms with van der Waals surface area (Å²) in [5, 5.41) is 2.86. The summed E-state index contributed by atoms with van der Waals surface area (Å²) in [6.07, 6.45) is 0. The molecular formula is C17H16N2O. The van der Waals surface area contributed by atoms with Crippen LogP contribution in [0.2, 0.25) is 0 Å². The smallest absolute Gasteiger partial charge is 0.255 e. The molecule has 0 spiro atoms. The second-order valence-corrected chi connectivity index (χ2v) is 4.41. The summed E-state index contributed by atoms with van der Waals surface area (Å²) in [7, 11) is 0. The van der Waals surface area contributed by atoms with Crippen molar-refractivity contribution < 1.29 is 4.79 Å². The Hall–Kier alpha value is -2.57. The topological polar surface area (TPSA) is 55.1 Å². The van der Waals surface area contributed by atoms with E-state index in [0.29, 0.717) is 12.1 Å². The number of benzene rings is 2. The van der Waals surface area contributed by atoms with Gasteiger partial charge in [0.25, 0.3) is 5.91 Å². The minimum Gasteiger partial charge on any atom is -0.322 e. The molecule has 2 aromatic carbocycles. The summed E-state index contributed by atoms with van der Waals surface area (Å²) in [5.74, 6) is 5.60. The molecule has 2 rings (SSSR count). The molecule has 0 fully saturated rings. The first-order valence-corrected chi connectivity index (χ1v) is 6.36. The number of aryl methyl sites for hydroxylation is 1. The maximum absolute atomic E-state index is 12.1. The van der Waals surface area contributed by atoms with Gasteiger partial charge in [0.1, 0.15) is 0 Å². The summed E-state index contributed by atoms with van der Waals surface area (Å²) in [5.41, 5.74) is 8.65. The van der Waals surface area contributed by atoms with Gasteiger partial charge in [-0.1, -0.05) is 35.6 Å². The van der Waals surface area contributed by atoms with Crippen LogP contribution in [0.5, 0.6) is 0 Å². The number of nitrogens with one attached hydrogen (secondary N) is 1.